The molecule has 2 atom stereocenters. The van der Waals surface area contributed by atoms with Crippen LogP contribution in [0.25, 0.3) is 22.2 Å². The second-order valence-corrected chi connectivity index (χ2v) is 9.29. The molecule has 0 spiro atoms. The molecule has 2 aromatic carbocycles. The lowest BCUT2D eigenvalue weighted by atomic mass is 9.90. The minimum atomic E-state index is -2.64. The zero-order valence-electron chi connectivity index (χ0n) is 18.3. The van der Waals surface area contributed by atoms with Gasteiger partial charge in [0.15, 0.2) is 8.03 Å². The molecule has 0 saturated heterocycles. The van der Waals surface area contributed by atoms with Crippen LogP contribution in [0.5, 0.6) is 0 Å². The number of aliphatic carboxylic acids is 1. The normalized spacial score (nSPS) is 12.9. The van der Waals surface area contributed by atoms with Crippen molar-refractivity contribution in [2.24, 2.45) is 0 Å². The van der Waals surface area contributed by atoms with Crippen molar-refractivity contribution in [2.75, 3.05) is 12.8 Å². The number of pyridine rings is 1. The molecule has 2 N–H and O–H groups in total. The molecule has 0 radical (unpaired) electrons. The van der Waals surface area contributed by atoms with Gasteiger partial charge in [0.25, 0.3) is 0 Å². The first kappa shape index (κ1) is 24.6. The Labute approximate surface area is 192 Å². The van der Waals surface area contributed by atoms with Gasteiger partial charge < -0.3 is 14.7 Å². The quantitative estimate of drug-likeness (QED) is 0.362. The Morgan fingerprint density at radius 2 is 1.88 bits per heavy atom. The second-order valence-electron chi connectivity index (χ2n) is 7.85. The molecule has 172 valence electrons. The van der Waals surface area contributed by atoms with Crippen molar-refractivity contribution in [1.29, 1.82) is 0 Å². The molecular weight excluding hydrogens is 444 g/mol. The van der Waals surface area contributed by atoms with Crippen molar-refractivity contribution in [3.8, 4) is 23.1 Å². The first-order chi connectivity index (χ1) is 15.8. The largest absolute Gasteiger partial charge is 0.481 e. The summed E-state index contributed by atoms with van der Waals surface area (Å²) >= 11 is 0. The molecule has 1 aromatic heterocycles. The van der Waals surface area contributed by atoms with E-state index in [1.165, 1.54) is 12.1 Å². The lowest BCUT2D eigenvalue weighted by Crippen LogP contribution is -2.15. The topological polar surface area (TPSA) is 96.7 Å². The first-order valence-corrected chi connectivity index (χ1v) is 12.0. The van der Waals surface area contributed by atoms with Crippen LogP contribution in [0.1, 0.15) is 37.3 Å². The molecule has 1 unspecified atom stereocenters. The maximum absolute atomic E-state index is 13.5. The van der Waals surface area contributed by atoms with Crippen LogP contribution in [-0.4, -0.2) is 40.0 Å². The third-order valence-electron chi connectivity index (χ3n) is 4.96. The number of carbonyl (C=O) groups is 1. The molecule has 0 saturated carbocycles. The van der Waals surface area contributed by atoms with Gasteiger partial charge in [-0.25, -0.2) is 9.37 Å². The highest BCUT2D eigenvalue weighted by molar-refractivity contribution is 7.39. The molecule has 0 amide bonds. The highest BCUT2D eigenvalue weighted by Crippen LogP contribution is 2.34. The standard InChI is InChI=1S/C25H25FNO5P/c1-16(2)24-20-6-3-4-8-22(20)27-25(17-9-11-18(26)12-10-17)21(24)7-5-13-32-33(31)15-19(28)14-23(29)30/h3-4,6,8-12,16,19,28,33H,13-15H2,1-2H3,(H,29,30)/t19-/m0/s1. The predicted molar refractivity (Wildman–Crippen MR) is 126 cm³/mol. The summed E-state index contributed by atoms with van der Waals surface area (Å²) in [5, 5.41) is 19.2. The fourth-order valence-corrected chi connectivity index (χ4v) is 4.43. The number of benzene rings is 2. The Morgan fingerprint density at radius 1 is 1.18 bits per heavy atom. The fourth-order valence-electron chi connectivity index (χ4n) is 3.55. The Balaban J connectivity index is 1.95. The Kier molecular flexibility index (Phi) is 8.35. The summed E-state index contributed by atoms with van der Waals surface area (Å²) in [4.78, 5) is 15.4. The number of nitrogens with zero attached hydrogens (tertiary/aromatic N) is 1. The number of aromatic nitrogens is 1. The summed E-state index contributed by atoms with van der Waals surface area (Å²) in [6.45, 7) is 3.96. The van der Waals surface area contributed by atoms with E-state index < -0.39 is 26.5 Å². The number of carboxylic acids is 1. The van der Waals surface area contributed by atoms with Crippen LogP contribution in [0.4, 0.5) is 4.39 Å². The molecule has 6 nitrogen and oxygen atoms in total. The molecular formula is C25H25FNO5P. The van der Waals surface area contributed by atoms with Gasteiger partial charge in [0.05, 0.1) is 29.3 Å². The van der Waals surface area contributed by atoms with E-state index in [2.05, 4.69) is 25.7 Å². The van der Waals surface area contributed by atoms with E-state index in [1.807, 2.05) is 24.3 Å². The summed E-state index contributed by atoms with van der Waals surface area (Å²) < 4.78 is 30.7. The van der Waals surface area contributed by atoms with Crippen LogP contribution in [0, 0.1) is 17.7 Å². The van der Waals surface area contributed by atoms with Crippen LogP contribution in [0.15, 0.2) is 48.5 Å². The highest BCUT2D eigenvalue weighted by Gasteiger charge is 2.18. The minimum absolute atomic E-state index is 0.118. The molecule has 0 bridgehead atoms. The van der Waals surface area contributed by atoms with E-state index >= 15 is 0 Å². The van der Waals surface area contributed by atoms with Crippen LogP contribution in [0.2, 0.25) is 0 Å². The van der Waals surface area contributed by atoms with Gasteiger partial charge in [0.2, 0.25) is 0 Å². The number of rotatable bonds is 8. The van der Waals surface area contributed by atoms with Gasteiger partial charge in [-0.1, -0.05) is 43.9 Å². The number of aliphatic hydroxyl groups excluding tert-OH is 1. The van der Waals surface area contributed by atoms with Crippen LogP contribution in [-0.2, 0) is 13.9 Å². The average Bonchev–Trinajstić information content (AvgIpc) is 2.75. The lowest BCUT2D eigenvalue weighted by Gasteiger charge is -2.16. The Bertz CT molecular complexity index is 1230. The smallest absolute Gasteiger partial charge is 0.305 e. The first-order valence-electron chi connectivity index (χ1n) is 10.5. The molecule has 3 rings (SSSR count). The van der Waals surface area contributed by atoms with Gasteiger partial charge in [-0.15, -0.1) is 0 Å². The average molecular weight is 469 g/mol. The van der Waals surface area contributed by atoms with Crippen LogP contribution >= 0.6 is 8.03 Å². The van der Waals surface area contributed by atoms with Crippen LogP contribution < -0.4 is 0 Å². The SMILES string of the molecule is CC(C)c1c(C#CCO[PH](=O)C[C@@H](O)CC(=O)O)c(-c2ccc(F)cc2)nc2ccccc12. The summed E-state index contributed by atoms with van der Waals surface area (Å²) in [6.07, 6.45) is -1.97. The molecule has 0 aliphatic carbocycles. The van der Waals surface area contributed by atoms with E-state index in [0.717, 1.165) is 22.0 Å². The minimum Gasteiger partial charge on any atom is -0.481 e. The predicted octanol–water partition coefficient (Wildman–Crippen LogP) is 4.84. The summed E-state index contributed by atoms with van der Waals surface area (Å²) in [5.41, 5.74) is 3.83. The number of hydrogen-bond donors (Lipinski definition) is 2. The maximum Gasteiger partial charge on any atom is 0.305 e. The number of aliphatic hydroxyl groups is 1. The number of carboxylic acid groups (broad SMARTS) is 1. The summed E-state index contributed by atoms with van der Waals surface area (Å²) in [7, 11) is -2.64. The fraction of sp³-hybridized carbons (Fsp3) is 0.280. The van der Waals surface area contributed by atoms with Crippen molar-refractivity contribution in [3.05, 3.63) is 65.5 Å². The van der Waals surface area contributed by atoms with E-state index in [4.69, 9.17) is 14.6 Å². The number of para-hydroxylation sites is 1. The van der Waals surface area contributed by atoms with E-state index in [0.29, 0.717) is 11.3 Å². The second kappa shape index (κ2) is 11.2. The monoisotopic (exact) mass is 469 g/mol. The maximum atomic E-state index is 13.5. The summed E-state index contributed by atoms with van der Waals surface area (Å²) in [6, 6.07) is 13.8. The zero-order chi connectivity index (χ0) is 24.0. The molecule has 0 aliphatic heterocycles. The highest BCUT2D eigenvalue weighted by atomic mass is 31.1. The third kappa shape index (κ3) is 6.49. The summed E-state index contributed by atoms with van der Waals surface area (Å²) in [5.74, 6) is 4.57. The number of fused-ring (bicyclic) bond motifs is 1. The third-order valence-corrected chi connectivity index (χ3v) is 6.23. The van der Waals surface area contributed by atoms with Crippen molar-refractivity contribution < 1.29 is 28.5 Å². The molecule has 33 heavy (non-hydrogen) atoms. The van der Waals surface area contributed by atoms with Gasteiger partial charge in [-0.3, -0.25) is 9.36 Å². The lowest BCUT2D eigenvalue weighted by molar-refractivity contribution is -0.138. The molecule has 8 heteroatoms. The van der Waals surface area contributed by atoms with Gasteiger partial charge in [0.1, 0.15) is 12.4 Å². The Hall–Kier alpha value is -3.04. The van der Waals surface area contributed by atoms with Gasteiger partial charge in [-0.2, -0.15) is 0 Å². The van der Waals surface area contributed by atoms with Crippen molar-refractivity contribution >= 4 is 24.9 Å². The molecule has 3 aromatic rings. The van der Waals surface area contributed by atoms with Gasteiger partial charge in [-0.05, 0) is 41.8 Å². The van der Waals surface area contributed by atoms with Crippen molar-refractivity contribution in [2.45, 2.75) is 32.3 Å². The molecule has 0 fully saturated rings. The van der Waals surface area contributed by atoms with E-state index in [1.54, 1.807) is 12.1 Å². The molecule has 1 heterocycles. The van der Waals surface area contributed by atoms with Gasteiger partial charge >= 0.3 is 5.97 Å². The molecule has 0 aliphatic rings. The van der Waals surface area contributed by atoms with E-state index in [9.17, 15) is 18.9 Å². The Morgan fingerprint density at radius 3 is 2.55 bits per heavy atom. The zero-order valence-corrected chi connectivity index (χ0v) is 19.3. The van der Waals surface area contributed by atoms with Gasteiger partial charge in [0, 0.05) is 17.1 Å². The van der Waals surface area contributed by atoms with Crippen molar-refractivity contribution in [3.63, 3.8) is 0 Å². The van der Waals surface area contributed by atoms with E-state index in [-0.39, 0.29) is 24.5 Å². The number of halogens is 1. The van der Waals surface area contributed by atoms with Crippen LogP contribution in [0.3, 0.4) is 0 Å². The van der Waals surface area contributed by atoms with Crippen molar-refractivity contribution in [1.82, 2.24) is 4.98 Å². The number of hydrogen-bond acceptors (Lipinski definition) is 5.